The van der Waals surface area contributed by atoms with E-state index in [1.165, 1.54) is 10.9 Å². The van der Waals surface area contributed by atoms with Crippen molar-refractivity contribution < 1.29 is 4.74 Å². The molecule has 1 aromatic carbocycles. The maximum absolute atomic E-state index is 13.2. The van der Waals surface area contributed by atoms with Crippen LogP contribution in [0.15, 0.2) is 51.4 Å². The summed E-state index contributed by atoms with van der Waals surface area (Å²) in [6, 6.07) is 7.37. The topological polar surface area (TPSA) is 61.4 Å². The third-order valence-corrected chi connectivity index (χ3v) is 4.78. The molecule has 1 unspecified atom stereocenters. The second kappa shape index (κ2) is 10.3. The first-order valence-electron chi connectivity index (χ1n) is 9.77. The number of ether oxygens (including phenoxy) is 1. The number of hydrogen-bond donors (Lipinski definition) is 0. The molecular formula is C22H29ClN4O2. The lowest BCUT2D eigenvalue weighted by atomic mass is 10.1. The predicted octanol–water partition coefficient (Wildman–Crippen LogP) is 5.05. The van der Waals surface area contributed by atoms with Crippen molar-refractivity contribution in [3.05, 3.63) is 57.9 Å². The monoisotopic (exact) mass is 416 g/mol. The van der Waals surface area contributed by atoms with E-state index in [0.29, 0.717) is 34.6 Å². The normalized spacial score (nSPS) is 13.6. The van der Waals surface area contributed by atoms with Crippen LogP contribution >= 0.6 is 11.6 Å². The summed E-state index contributed by atoms with van der Waals surface area (Å²) in [5, 5.41) is 4.96. The Labute approximate surface area is 177 Å². The summed E-state index contributed by atoms with van der Waals surface area (Å²) in [5.74, 6) is 1.52. The van der Waals surface area contributed by atoms with E-state index < -0.39 is 0 Å². The summed E-state index contributed by atoms with van der Waals surface area (Å²) in [6.07, 6.45) is 4.28. The van der Waals surface area contributed by atoms with Crippen LogP contribution in [0.3, 0.4) is 0 Å². The number of aromatic nitrogens is 3. The van der Waals surface area contributed by atoms with Gasteiger partial charge >= 0.3 is 5.69 Å². The zero-order valence-electron chi connectivity index (χ0n) is 17.7. The third-order valence-electron chi connectivity index (χ3n) is 4.48. The molecule has 0 amide bonds. The Bertz CT molecular complexity index is 952. The second-order valence-corrected chi connectivity index (χ2v) is 7.57. The van der Waals surface area contributed by atoms with E-state index in [0.717, 1.165) is 12.2 Å². The van der Waals surface area contributed by atoms with Crippen molar-refractivity contribution in [3.63, 3.8) is 0 Å². The summed E-state index contributed by atoms with van der Waals surface area (Å²) < 4.78 is 8.77. The molecule has 0 spiro atoms. The molecule has 156 valence electrons. The molecular weight excluding hydrogens is 388 g/mol. The van der Waals surface area contributed by atoms with Crippen molar-refractivity contribution in [2.45, 2.75) is 53.7 Å². The van der Waals surface area contributed by atoms with E-state index in [9.17, 15) is 4.79 Å². The van der Waals surface area contributed by atoms with E-state index in [4.69, 9.17) is 16.3 Å². The van der Waals surface area contributed by atoms with Crippen LogP contribution in [-0.4, -0.2) is 27.2 Å². The van der Waals surface area contributed by atoms with Gasteiger partial charge in [-0.1, -0.05) is 37.9 Å². The minimum absolute atomic E-state index is 0.0717. The molecule has 1 atom stereocenters. The van der Waals surface area contributed by atoms with Crippen LogP contribution in [0.25, 0.3) is 11.3 Å². The lowest BCUT2D eigenvalue weighted by Crippen LogP contribution is -2.26. The Kier molecular flexibility index (Phi) is 8.02. The largest absolute Gasteiger partial charge is 0.491 e. The van der Waals surface area contributed by atoms with Gasteiger partial charge in [0, 0.05) is 18.3 Å². The van der Waals surface area contributed by atoms with Crippen molar-refractivity contribution in [2.24, 2.45) is 10.9 Å². The Morgan fingerprint density at radius 1 is 1.31 bits per heavy atom. The summed E-state index contributed by atoms with van der Waals surface area (Å²) in [4.78, 5) is 17.0. The number of benzene rings is 1. The second-order valence-electron chi connectivity index (χ2n) is 7.16. The molecule has 1 heterocycles. The fraction of sp³-hybridized carbons (Fsp3) is 0.409. The number of allylic oxidation sites excluding steroid dienone is 3. The fourth-order valence-corrected chi connectivity index (χ4v) is 3.09. The highest BCUT2D eigenvalue weighted by Gasteiger charge is 2.21. The summed E-state index contributed by atoms with van der Waals surface area (Å²) >= 11 is 6.39. The SMILES string of the molecule is C=N/C=C(Cl)\C(=C/C)c1nn(CC(C)CC)c(=O)n1-c1ccc(OC(C)C)cc1. The Morgan fingerprint density at radius 3 is 2.48 bits per heavy atom. The number of rotatable bonds is 9. The van der Waals surface area contributed by atoms with Crippen LogP contribution in [0.4, 0.5) is 0 Å². The average Bonchev–Trinajstić information content (AvgIpc) is 2.98. The zero-order valence-corrected chi connectivity index (χ0v) is 18.5. The first-order chi connectivity index (χ1) is 13.8. The lowest BCUT2D eigenvalue weighted by molar-refractivity contribution is 0.242. The fourth-order valence-electron chi connectivity index (χ4n) is 2.83. The highest BCUT2D eigenvalue weighted by Crippen LogP contribution is 2.27. The number of halogens is 1. The molecule has 0 N–H and O–H groups in total. The van der Waals surface area contributed by atoms with E-state index >= 15 is 0 Å². The first-order valence-corrected chi connectivity index (χ1v) is 10.2. The van der Waals surface area contributed by atoms with Gasteiger partial charge in [-0.15, -0.1) is 5.10 Å². The molecule has 0 saturated heterocycles. The molecule has 0 radical (unpaired) electrons. The minimum Gasteiger partial charge on any atom is -0.491 e. The standard InChI is InChI=1S/C22H29ClN4O2/c1-7-16(5)14-26-22(28)27(17-9-11-18(12-10-17)29-15(3)4)21(25-26)19(8-2)20(23)13-24-6/h8-13,15-16H,6-7,14H2,1-5H3/b19-8+,20-13+. The van der Waals surface area contributed by atoms with Gasteiger partial charge in [-0.25, -0.2) is 14.0 Å². The molecule has 29 heavy (non-hydrogen) atoms. The highest BCUT2D eigenvalue weighted by atomic mass is 35.5. The molecule has 0 bridgehead atoms. The highest BCUT2D eigenvalue weighted by molar-refractivity contribution is 6.36. The van der Waals surface area contributed by atoms with Crippen molar-refractivity contribution >= 4 is 23.9 Å². The van der Waals surface area contributed by atoms with Crippen LogP contribution in [0.1, 0.15) is 46.9 Å². The molecule has 2 aromatic rings. The van der Waals surface area contributed by atoms with Crippen LogP contribution in [-0.2, 0) is 6.54 Å². The lowest BCUT2D eigenvalue weighted by Gasteiger charge is -2.11. The smallest absolute Gasteiger partial charge is 0.350 e. The summed E-state index contributed by atoms with van der Waals surface area (Å²) in [5.41, 5.74) is 1.08. The van der Waals surface area contributed by atoms with Gasteiger partial charge in [0.2, 0.25) is 0 Å². The number of nitrogens with zero attached hydrogens (tertiary/aromatic N) is 4. The zero-order chi connectivity index (χ0) is 21.6. The van der Waals surface area contributed by atoms with Gasteiger partial charge in [0.1, 0.15) is 5.75 Å². The van der Waals surface area contributed by atoms with E-state index in [1.54, 1.807) is 4.57 Å². The molecule has 0 aliphatic rings. The maximum atomic E-state index is 13.2. The van der Waals surface area contributed by atoms with Gasteiger partial charge in [-0.3, -0.25) is 4.99 Å². The van der Waals surface area contributed by atoms with Crippen molar-refractivity contribution in [1.82, 2.24) is 14.3 Å². The molecule has 1 aromatic heterocycles. The van der Waals surface area contributed by atoms with Gasteiger partial charge in [-0.2, -0.15) is 0 Å². The van der Waals surface area contributed by atoms with Crippen molar-refractivity contribution in [2.75, 3.05) is 0 Å². The van der Waals surface area contributed by atoms with Gasteiger partial charge in [0.15, 0.2) is 5.82 Å². The van der Waals surface area contributed by atoms with Crippen LogP contribution in [0.5, 0.6) is 5.75 Å². The van der Waals surface area contributed by atoms with E-state index in [1.807, 2.05) is 51.1 Å². The Balaban J connectivity index is 2.63. The molecule has 6 nitrogen and oxygen atoms in total. The van der Waals surface area contributed by atoms with Gasteiger partial charge in [0.05, 0.1) is 16.8 Å². The van der Waals surface area contributed by atoms with Crippen LogP contribution in [0.2, 0.25) is 0 Å². The molecule has 0 fully saturated rings. The quantitative estimate of drug-likeness (QED) is 0.424. The van der Waals surface area contributed by atoms with Crippen LogP contribution < -0.4 is 10.4 Å². The van der Waals surface area contributed by atoms with Gasteiger partial charge in [-0.05, 0) is 57.7 Å². The summed E-state index contributed by atoms with van der Waals surface area (Å²) in [6.45, 7) is 13.9. The minimum atomic E-state index is -0.215. The van der Waals surface area contributed by atoms with Crippen molar-refractivity contribution in [3.8, 4) is 11.4 Å². The van der Waals surface area contributed by atoms with E-state index in [2.05, 4.69) is 30.7 Å². The van der Waals surface area contributed by atoms with Crippen LogP contribution in [0, 0.1) is 5.92 Å². The first kappa shape index (κ1) is 22.7. The van der Waals surface area contributed by atoms with Gasteiger partial charge < -0.3 is 4.74 Å². The average molecular weight is 417 g/mol. The summed E-state index contributed by atoms with van der Waals surface area (Å²) in [7, 11) is 0. The Morgan fingerprint density at radius 2 is 1.97 bits per heavy atom. The van der Waals surface area contributed by atoms with E-state index in [-0.39, 0.29) is 11.8 Å². The van der Waals surface area contributed by atoms with Gasteiger partial charge in [0.25, 0.3) is 0 Å². The maximum Gasteiger partial charge on any atom is 0.350 e. The van der Waals surface area contributed by atoms with Crippen molar-refractivity contribution in [1.29, 1.82) is 0 Å². The number of aliphatic imine (C=N–C) groups is 1. The molecule has 0 aliphatic carbocycles. The molecule has 0 aliphatic heterocycles. The third kappa shape index (κ3) is 5.48. The Hall–Kier alpha value is -2.60. The molecule has 2 rings (SSSR count). The molecule has 7 heteroatoms. The predicted molar refractivity (Wildman–Crippen MR) is 120 cm³/mol. The number of hydrogen-bond acceptors (Lipinski definition) is 4. The molecule has 0 saturated carbocycles.